The average molecular weight is 368 g/mol. The molecule has 0 fully saturated rings. The number of hydrogen-bond acceptors (Lipinski definition) is 2. The fourth-order valence-corrected chi connectivity index (χ4v) is 3.44. The Balaban J connectivity index is 2.39. The van der Waals surface area contributed by atoms with E-state index in [9.17, 15) is 4.79 Å². The maximum atomic E-state index is 12.3. The number of rotatable bonds is 2. The molecule has 0 atom stereocenters. The van der Waals surface area contributed by atoms with Gasteiger partial charge < -0.3 is 10.1 Å². The summed E-state index contributed by atoms with van der Waals surface area (Å²) < 4.78 is 7.02. The number of halogens is 1. The highest BCUT2D eigenvalue weighted by molar-refractivity contribution is 9.10. The smallest absolute Gasteiger partial charge is 0.224 e. The molecule has 2 rings (SSSR count). The summed E-state index contributed by atoms with van der Waals surface area (Å²) in [5.41, 5.74) is 4.02. The van der Waals surface area contributed by atoms with Crippen molar-refractivity contribution in [3.63, 3.8) is 0 Å². The molecule has 0 saturated carbocycles. The van der Waals surface area contributed by atoms with Gasteiger partial charge in [0.05, 0.1) is 4.47 Å². The molecule has 1 N–H and O–H groups in total. The zero-order valence-corrected chi connectivity index (χ0v) is 16.2. The molecule has 1 heterocycles. The minimum atomic E-state index is -0.198. The topological polar surface area (TPSA) is 38.3 Å². The van der Waals surface area contributed by atoms with Crippen molar-refractivity contribution in [2.24, 2.45) is 5.41 Å². The van der Waals surface area contributed by atoms with Gasteiger partial charge in [-0.1, -0.05) is 20.8 Å². The van der Waals surface area contributed by atoms with Crippen LogP contribution < -0.4 is 10.1 Å². The molecule has 1 aromatic rings. The van der Waals surface area contributed by atoms with Crippen LogP contribution >= 0.6 is 15.9 Å². The molecule has 0 radical (unpaired) electrons. The van der Waals surface area contributed by atoms with E-state index in [0.29, 0.717) is 6.42 Å². The molecule has 0 spiro atoms. The van der Waals surface area contributed by atoms with E-state index < -0.39 is 0 Å². The van der Waals surface area contributed by atoms with Crippen molar-refractivity contribution in [3.8, 4) is 5.75 Å². The van der Waals surface area contributed by atoms with Gasteiger partial charge in [-0.25, -0.2) is 0 Å². The highest BCUT2D eigenvalue weighted by atomic mass is 79.9. The van der Waals surface area contributed by atoms with Crippen molar-refractivity contribution in [1.82, 2.24) is 0 Å². The summed E-state index contributed by atoms with van der Waals surface area (Å²) in [6.45, 7) is 14.5. The van der Waals surface area contributed by atoms with Crippen LogP contribution in [0.4, 0.5) is 5.69 Å². The van der Waals surface area contributed by atoms with E-state index in [2.05, 4.69) is 62.8 Å². The Morgan fingerprint density at radius 3 is 2.41 bits per heavy atom. The van der Waals surface area contributed by atoms with Crippen LogP contribution in [-0.4, -0.2) is 11.5 Å². The molecular weight excluding hydrogens is 342 g/mol. The number of carbonyl (C=O) groups excluding carboxylic acids is 1. The van der Waals surface area contributed by atoms with Crippen molar-refractivity contribution in [2.45, 2.75) is 66.9 Å². The predicted octanol–water partition coefficient (Wildman–Crippen LogP) is 5.15. The number of fused-ring (bicyclic) bond motifs is 1. The third-order valence-corrected chi connectivity index (χ3v) is 4.90. The third-order valence-electron chi connectivity index (χ3n) is 3.94. The first kappa shape index (κ1) is 17.3. The average Bonchev–Trinajstić information content (AvgIpc) is 2.66. The maximum absolute atomic E-state index is 12.3. The van der Waals surface area contributed by atoms with Gasteiger partial charge in [0.2, 0.25) is 5.91 Å². The summed E-state index contributed by atoms with van der Waals surface area (Å²) in [5, 5.41) is 3.11. The van der Waals surface area contributed by atoms with Gasteiger partial charge in [-0.15, -0.1) is 0 Å². The van der Waals surface area contributed by atoms with Crippen LogP contribution in [-0.2, 0) is 11.2 Å². The monoisotopic (exact) mass is 367 g/mol. The summed E-state index contributed by atoms with van der Waals surface area (Å²) in [5.74, 6) is 0.984. The molecule has 1 aliphatic heterocycles. The molecular formula is C18H26BrNO2. The molecule has 0 unspecified atom stereocenters. The lowest BCUT2D eigenvalue weighted by molar-refractivity contribution is -0.117. The van der Waals surface area contributed by atoms with Gasteiger partial charge in [0, 0.05) is 24.1 Å². The van der Waals surface area contributed by atoms with Gasteiger partial charge in [0.25, 0.3) is 0 Å². The molecule has 1 aromatic carbocycles. The Hall–Kier alpha value is -1.03. The minimum Gasteiger partial charge on any atom is -0.486 e. The number of benzene rings is 1. The first-order valence-electron chi connectivity index (χ1n) is 7.72. The van der Waals surface area contributed by atoms with Gasteiger partial charge in [-0.2, -0.15) is 0 Å². The fourth-order valence-electron chi connectivity index (χ4n) is 2.93. The SMILES string of the molecule is Cc1c(Br)c2c(c(C)c1NC(=O)CC(C)(C)C)CC(C)(C)O2. The van der Waals surface area contributed by atoms with E-state index in [1.807, 2.05) is 6.92 Å². The zero-order valence-electron chi connectivity index (χ0n) is 14.6. The van der Waals surface area contributed by atoms with Crippen LogP contribution in [0.1, 0.15) is 57.7 Å². The number of carbonyl (C=O) groups is 1. The summed E-state index contributed by atoms with van der Waals surface area (Å²) in [7, 11) is 0. The van der Waals surface area contributed by atoms with Crippen LogP contribution in [0.5, 0.6) is 5.75 Å². The largest absolute Gasteiger partial charge is 0.486 e. The van der Waals surface area contributed by atoms with Crippen LogP contribution in [0.3, 0.4) is 0 Å². The van der Waals surface area contributed by atoms with Crippen molar-refractivity contribution in [1.29, 1.82) is 0 Å². The molecule has 0 saturated heterocycles. The third kappa shape index (κ3) is 3.48. The summed E-state index contributed by atoms with van der Waals surface area (Å²) in [6.07, 6.45) is 1.36. The number of ether oxygens (including phenoxy) is 1. The Morgan fingerprint density at radius 1 is 1.27 bits per heavy atom. The predicted molar refractivity (Wildman–Crippen MR) is 94.7 cm³/mol. The van der Waals surface area contributed by atoms with E-state index in [4.69, 9.17) is 4.74 Å². The normalized spacial score (nSPS) is 16.2. The second kappa shape index (κ2) is 5.55. The van der Waals surface area contributed by atoms with E-state index >= 15 is 0 Å². The second-order valence-electron chi connectivity index (χ2n) is 8.07. The quantitative estimate of drug-likeness (QED) is 0.784. The lowest BCUT2D eigenvalue weighted by Gasteiger charge is -2.21. The Morgan fingerprint density at radius 2 is 1.86 bits per heavy atom. The van der Waals surface area contributed by atoms with Gasteiger partial charge in [0.1, 0.15) is 11.4 Å². The van der Waals surface area contributed by atoms with E-state index in [1.165, 1.54) is 5.56 Å². The summed E-state index contributed by atoms with van der Waals surface area (Å²) in [4.78, 5) is 12.3. The molecule has 1 aliphatic rings. The molecule has 3 nitrogen and oxygen atoms in total. The number of anilines is 1. The fraction of sp³-hybridized carbons (Fsp3) is 0.611. The lowest BCUT2D eigenvalue weighted by Crippen LogP contribution is -2.24. The molecule has 1 amide bonds. The molecule has 0 aromatic heterocycles. The molecule has 4 heteroatoms. The van der Waals surface area contributed by atoms with E-state index in [1.54, 1.807) is 0 Å². The number of hydrogen-bond donors (Lipinski definition) is 1. The van der Waals surface area contributed by atoms with E-state index in [0.717, 1.165) is 33.5 Å². The Labute approximate surface area is 141 Å². The van der Waals surface area contributed by atoms with Gasteiger partial charge >= 0.3 is 0 Å². The molecule has 22 heavy (non-hydrogen) atoms. The first-order chi connectivity index (χ1) is 9.91. The highest BCUT2D eigenvalue weighted by Crippen LogP contribution is 2.47. The summed E-state index contributed by atoms with van der Waals surface area (Å²) >= 11 is 3.64. The maximum Gasteiger partial charge on any atom is 0.224 e. The van der Waals surface area contributed by atoms with Gasteiger partial charge in [0.15, 0.2) is 0 Å². The van der Waals surface area contributed by atoms with Crippen LogP contribution in [0.2, 0.25) is 0 Å². The molecule has 122 valence electrons. The van der Waals surface area contributed by atoms with E-state index in [-0.39, 0.29) is 16.9 Å². The van der Waals surface area contributed by atoms with Crippen molar-refractivity contribution < 1.29 is 9.53 Å². The van der Waals surface area contributed by atoms with Gasteiger partial charge in [-0.05, 0) is 60.2 Å². The lowest BCUT2D eigenvalue weighted by atomic mass is 9.91. The van der Waals surface area contributed by atoms with Crippen molar-refractivity contribution >= 4 is 27.5 Å². The van der Waals surface area contributed by atoms with Crippen molar-refractivity contribution in [3.05, 3.63) is 21.2 Å². The first-order valence-corrected chi connectivity index (χ1v) is 8.51. The number of amides is 1. The zero-order chi connectivity index (χ0) is 16.9. The number of nitrogens with one attached hydrogen (secondary N) is 1. The Kier molecular flexibility index (Phi) is 4.37. The van der Waals surface area contributed by atoms with Gasteiger partial charge in [-0.3, -0.25) is 4.79 Å². The minimum absolute atomic E-state index is 0.0229. The molecule has 0 aliphatic carbocycles. The Bertz CT molecular complexity index is 627. The van der Waals surface area contributed by atoms with Crippen molar-refractivity contribution in [2.75, 3.05) is 5.32 Å². The second-order valence-corrected chi connectivity index (χ2v) is 8.86. The van der Waals surface area contributed by atoms with Crippen LogP contribution in [0.15, 0.2) is 4.47 Å². The standard InChI is InChI=1S/C18H26BrNO2/c1-10-12-8-18(6,7)22-16(12)14(19)11(2)15(10)20-13(21)9-17(3,4)5/h8-9H2,1-7H3,(H,20,21). The molecule has 0 bridgehead atoms. The van der Waals surface area contributed by atoms with Crippen LogP contribution in [0.25, 0.3) is 0 Å². The van der Waals surface area contributed by atoms with Crippen LogP contribution in [0, 0.1) is 19.3 Å². The summed E-state index contributed by atoms with van der Waals surface area (Å²) in [6, 6.07) is 0. The highest BCUT2D eigenvalue weighted by Gasteiger charge is 2.35.